The Morgan fingerprint density at radius 1 is 1.24 bits per heavy atom. The normalized spacial score (nSPS) is 14.9. The third kappa shape index (κ3) is 7.74. The molecule has 0 aliphatic heterocycles. The largest absolute Gasteiger partial charge is 0.350 e. The lowest BCUT2D eigenvalue weighted by Gasteiger charge is -2.24. The molecule has 100 valence electrons. The summed E-state index contributed by atoms with van der Waals surface area (Å²) in [7, 11) is 0. The molecule has 0 aromatic rings. The van der Waals surface area contributed by atoms with E-state index in [2.05, 4.69) is 10.6 Å². The molecule has 0 saturated carbocycles. The first-order valence-corrected chi connectivity index (χ1v) is 5.97. The summed E-state index contributed by atoms with van der Waals surface area (Å²) in [6.07, 6.45) is 0.351. The first-order chi connectivity index (χ1) is 7.65. The van der Waals surface area contributed by atoms with Crippen molar-refractivity contribution in [3.05, 3.63) is 0 Å². The van der Waals surface area contributed by atoms with Crippen molar-refractivity contribution < 1.29 is 9.59 Å². The first kappa shape index (κ1) is 15.9. The average Bonchev–Trinajstić information content (AvgIpc) is 2.14. The molecule has 17 heavy (non-hydrogen) atoms. The van der Waals surface area contributed by atoms with Crippen molar-refractivity contribution in [2.75, 3.05) is 6.54 Å². The minimum atomic E-state index is -0.522. The van der Waals surface area contributed by atoms with E-state index >= 15 is 0 Å². The van der Waals surface area contributed by atoms with Crippen molar-refractivity contribution >= 4 is 11.8 Å². The van der Waals surface area contributed by atoms with Crippen LogP contribution in [0.25, 0.3) is 0 Å². The van der Waals surface area contributed by atoms with Gasteiger partial charge in [0.15, 0.2) is 0 Å². The van der Waals surface area contributed by atoms with Crippen LogP contribution < -0.4 is 16.4 Å². The molecule has 0 aliphatic carbocycles. The maximum atomic E-state index is 11.7. The molecular formula is C12H25N3O2. The number of carbonyl (C=O) groups is 2. The number of rotatable bonds is 5. The molecule has 0 radical (unpaired) electrons. The molecule has 0 aromatic heterocycles. The lowest BCUT2D eigenvalue weighted by molar-refractivity contribution is -0.129. The monoisotopic (exact) mass is 243 g/mol. The zero-order chi connectivity index (χ0) is 13.6. The van der Waals surface area contributed by atoms with Crippen LogP contribution in [0, 0.1) is 5.92 Å². The van der Waals surface area contributed by atoms with Crippen molar-refractivity contribution in [2.45, 2.75) is 52.6 Å². The lowest BCUT2D eigenvalue weighted by atomic mass is 10.1. The Hall–Kier alpha value is -1.10. The highest BCUT2D eigenvalue weighted by atomic mass is 16.2. The average molecular weight is 243 g/mol. The molecule has 4 N–H and O–H groups in total. The summed E-state index contributed by atoms with van der Waals surface area (Å²) in [6.45, 7) is 9.74. The molecule has 0 aromatic carbocycles. The van der Waals surface area contributed by atoms with Gasteiger partial charge in [-0.15, -0.1) is 0 Å². The van der Waals surface area contributed by atoms with E-state index in [9.17, 15) is 9.59 Å². The van der Waals surface area contributed by atoms with Gasteiger partial charge in [-0.3, -0.25) is 9.59 Å². The number of hydrogen-bond donors (Lipinski definition) is 3. The number of amides is 2. The smallest absolute Gasteiger partial charge is 0.242 e. The highest BCUT2D eigenvalue weighted by molar-refractivity contribution is 5.87. The van der Waals surface area contributed by atoms with Crippen LogP contribution in [0.15, 0.2) is 0 Å². The van der Waals surface area contributed by atoms with Gasteiger partial charge < -0.3 is 16.4 Å². The first-order valence-electron chi connectivity index (χ1n) is 5.97. The van der Waals surface area contributed by atoms with E-state index in [1.54, 1.807) is 6.92 Å². The highest BCUT2D eigenvalue weighted by Crippen LogP contribution is 2.01. The number of nitrogens with one attached hydrogen (secondary N) is 2. The molecule has 0 saturated heterocycles. The standard InChI is InChI=1S/C12H25N3O2/c1-8(7-13)6-10(16)14-9(2)11(17)15-12(3,4)5/h8-9H,6-7,13H2,1-5H3,(H,14,16)(H,15,17). The zero-order valence-electron chi connectivity index (χ0n) is 11.5. The van der Waals surface area contributed by atoms with E-state index in [-0.39, 0.29) is 23.3 Å². The zero-order valence-corrected chi connectivity index (χ0v) is 11.5. The van der Waals surface area contributed by atoms with Crippen molar-refractivity contribution in [1.82, 2.24) is 10.6 Å². The van der Waals surface area contributed by atoms with E-state index in [4.69, 9.17) is 5.73 Å². The maximum absolute atomic E-state index is 11.7. The van der Waals surface area contributed by atoms with Gasteiger partial charge in [0.25, 0.3) is 0 Å². The summed E-state index contributed by atoms with van der Waals surface area (Å²) >= 11 is 0. The van der Waals surface area contributed by atoms with Crippen molar-refractivity contribution in [3.63, 3.8) is 0 Å². The topological polar surface area (TPSA) is 84.2 Å². The van der Waals surface area contributed by atoms with Crippen LogP contribution in [0.2, 0.25) is 0 Å². The Labute approximate surface area is 104 Å². The van der Waals surface area contributed by atoms with Gasteiger partial charge >= 0.3 is 0 Å². The van der Waals surface area contributed by atoms with Crippen LogP contribution in [0.3, 0.4) is 0 Å². The third-order valence-electron chi connectivity index (χ3n) is 2.21. The third-order valence-corrected chi connectivity index (χ3v) is 2.21. The molecular weight excluding hydrogens is 218 g/mol. The van der Waals surface area contributed by atoms with Crippen LogP contribution in [0.4, 0.5) is 0 Å². The van der Waals surface area contributed by atoms with Crippen molar-refractivity contribution in [1.29, 1.82) is 0 Å². The molecule has 0 fully saturated rings. The van der Waals surface area contributed by atoms with Gasteiger partial charge in [-0.05, 0) is 40.2 Å². The van der Waals surface area contributed by atoms with Gasteiger partial charge in [0.05, 0.1) is 0 Å². The Morgan fingerprint density at radius 2 is 1.76 bits per heavy atom. The summed E-state index contributed by atoms with van der Waals surface area (Å²) < 4.78 is 0. The SMILES string of the molecule is CC(CN)CC(=O)NC(C)C(=O)NC(C)(C)C. The van der Waals surface area contributed by atoms with Gasteiger partial charge in [-0.25, -0.2) is 0 Å². The Morgan fingerprint density at radius 3 is 2.18 bits per heavy atom. The van der Waals surface area contributed by atoms with E-state index in [1.807, 2.05) is 27.7 Å². The van der Waals surface area contributed by atoms with Crippen LogP contribution in [0.1, 0.15) is 41.0 Å². The quantitative estimate of drug-likeness (QED) is 0.653. The van der Waals surface area contributed by atoms with Crippen LogP contribution in [0.5, 0.6) is 0 Å². The minimum Gasteiger partial charge on any atom is -0.350 e. The van der Waals surface area contributed by atoms with Crippen LogP contribution in [-0.2, 0) is 9.59 Å². The van der Waals surface area contributed by atoms with Crippen LogP contribution in [-0.4, -0.2) is 29.9 Å². The lowest BCUT2D eigenvalue weighted by Crippen LogP contribution is -2.51. The van der Waals surface area contributed by atoms with Gasteiger partial charge in [0, 0.05) is 12.0 Å². The summed E-state index contributed by atoms with van der Waals surface area (Å²) in [4.78, 5) is 23.2. The number of hydrogen-bond acceptors (Lipinski definition) is 3. The molecule has 2 unspecified atom stereocenters. The Kier molecular flexibility index (Phi) is 6.16. The van der Waals surface area contributed by atoms with Crippen molar-refractivity contribution in [2.24, 2.45) is 11.7 Å². The molecule has 2 atom stereocenters. The Balaban J connectivity index is 4.12. The summed E-state index contributed by atoms with van der Waals surface area (Å²) in [5, 5.41) is 5.47. The second-order valence-electron chi connectivity index (χ2n) is 5.57. The number of nitrogens with two attached hydrogens (primary N) is 1. The van der Waals surface area contributed by atoms with Gasteiger partial charge in [-0.2, -0.15) is 0 Å². The molecule has 0 aliphatic rings. The molecule has 5 heteroatoms. The fourth-order valence-electron chi connectivity index (χ4n) is 1.24. The predicted octanol–water partition coefficient (Wildman–Crippen LogP) is 0.391. The maximum Gasteiger partial charge on any atom is 0.242 e. The van der Waals surface area contributed by atoms with E-state index in [0.29, 0.717) is 13.0 Å². The Bertz CT molecular complexity index is 271. The van der Waals surface area contributed by atoms with Crippen molar-refractivity contribution in [3.8, 4) is 0 Å². The summed E-state index contributed by atoms with van der Waals surface area (Å²) in [5.41, 5.74) is 5.14. The summed E-state index contributed by atoms with van der Waals surface area (Å²) in [5.74, 6) is -0.182. The minimum absolute atomic E-state index is 0.132. The van der Waals surface area contributed by atoms with Gasteiger partial charge in [0.1, 0.15) is 6.04 Å². The molecule has 0 bridgehead atoms. The molecule has 5 nitrogen and oxygen atoms in total. The van der Waals surface area contributed by atoms with Gasteiger partial charge in [-0.1, -0.05) is 6.92 Å². The fourth-order valence-corrected chi connectivity index (χ4v) is 1.24. The fraction of sp³-hybridized carbons (Fsp3) is 0.833. The predicted molar refractivity (Wildman–Crippen MR) is 68.3 cm³/mol. The summed E-state index contributed by atoms with van der Waals surface area (Å²) in [6, 6.07) is -0.522. The van der Waals surface area contributed by atoms with Gasteiger partial charge in [0.2, 0.25) is 11.8 Å². The second-order valence-corrected chi connectivity index (χ2v) is 5.57. The molecule has 0 heterocycles. The molecule has 0 spiro atoms. The second kappa shape index (κ2) is 6.59. The highest BCUT2D eigenvalue weighted by Gasteiger charge is 2.20. The number of carbonyl (C=O) groups excluding carboxylic acids is 2. The van der Waals surface area contributed by atoms with E-state index in [0.717, 1.165) is 0 Å². The van der Waals surface area contributed by atoms with E-state index in [1.165, 1.54) is 0 Å². The molecule has 2 amide bonds. The molecule has 0 rings (SSSR count). The van der Waals surface area contributed by atoms with E-state index < -0.39 is 6.04 Å². The van der Waals surface area contributed by atoms with Crippen LogP contribution >= 0.6 is 0 Å².